The number of nitrogens with two attached hydrogens (primary N) is 1. The molecule has 0 aliphatic rings. The summed E-state index contributed by atoms with van der Waals surface area (Å²) >= 11 is 3.53. The number of anilines is 1. The van der Waals surface area contributed by atoms with Gasteiger partial charge in [0.1, 0.15) is 17.6 Å². The second-order valence-electron chi connectivity index (χ2n) is 4.73. The second kappa shape index (κ2) is 5.25. The second-order valence-corrected chi connectivity index (χ2v) is 5.64. The summed E-state index contributed by atoms with van der Waals surface area (Å²) in [5, 5.41) is 0. The first-order valence-corrected chi connectivity index (χ1v) is 7.31. The highest BCUT2D eigenvalue weighted by molar-refractivity contribution is 9.10. The van der Waals surface area contributed by atoms with E-state index in [9.17, 15) is 0 Å². The van der Waals surface area contributed by atoms with Crippen molar-refractivity contribution in [1.82, 2.24) is 4.98 Å². The highest BCUT2D eigenvalue weighted by Crippen LogP contribution is 2.26. The number of benzene rings is 1. The molecule has 0 aliphatic carbocycles. The summed E-state index contributed by atoms with van der Waals surface area (Å²) in [7, 11) is 0. The third-order valence-corrected chi connectivity index (χ3v) is 3.46. The molecule has 0 unspecified atom stereocenters. The Morgan fingerprint density at radius 2 is 2.15 bits per heavy atom. The van der Waals surface area contributed by atoms with Gasteiger partial charge in [0, 0.05) is 18.2 Å². The zero-order valence-corrected chi connectivity index (χ0v) is 12.7. The van der Waals surface area contributed by atoms with Crippen molar-refractivity contribution < 1.29 is 8.98 Å². The summed E-state index contributed by atoms with van der Waals surface area (Å²) in [5.74, 6) is 0.608. The maximum absolute atomic E-state index is 5.80. The summed E-state index contributed by atoms with van der Waals surface area (Å²) in [6.07, 6.45) is 5.17. The number of aromatic nitrogens is 2. The smallest absolute Gasteiger partial charge is 0.233 e. The number of oxazole rings is 1. The van der Waals surface area contributed by atoms with Gasteiger partial charge in [0.2, 0.25) is 5.89 Å². The maximum atomic E-state index is 5.80. The molecule has 3 aromatic rings. The van der Waals surface area contributed by atoms with Gasteiger partial charge in [-0.2, -0.15) is 0 Å². The molecule has 2 heterocycles. The largest absolute Gasteiger partial charge is 0.436 e. The van der Waals surface area contributed by atoms with Crippen molar-refractivity contribution >= 4 is 32.7 Å². The Hall–Kier alpha value is -1.88. The average Bonchev–Trinajstić information content (AvgIpc) is 2.81. The number of aryl methyl sites for hydroxylation is 1. The van der Waals surface area contributed by atoms with Crippen LogP contribution in [0.5, 0.6) is 0 Å². The molecule has 0 aliphatic heterocycles. The quantitative estimate of drug-likeness (QED) is 0.589. The van der Waals surface area contributed by atoms with Gasteiger partial charge >= 0.3 is 0 Å². The molecule has 0 amide bonds. The molecule has 0 fully saturated rings. The molecule has 0 saturated heterocycles. The van der Waals surface area contributed by atoms with E-state index in [1.54, 1.807) is 6.07 Å². The fourth-order valence-corrected chi connectivity index (χ4v) is 2.68. The maximum Gasteiger partial charge on any atom is 0.233 e. The molecular formula is C15H15BrN3O+. The topological polar surface area (TPSA) is 55.9 Å². The highest BCUT2D eigenvalue weighted by atomic mass is 79.9. The Bertz CT molecular complexity index is 767. The number of nitrogen functional groups attached to an aromatic ring is 1. The molecule has 1 aromatic carbocycles. The van der Waals surface area contributed by atoms with Crippen LogP contribution in [0.2, 0.25) is 0 Å². The normalized spacial score (nSPS) is 11.1. The first kappa shape index (κ1) is 13.1. The molecule has 102 valence electrons. The lowest BCUT2D eigenvalue weighted by atomic mass is 10.3. The van der Waals surface area contributed by atoms with Gasteiger partial charge in [0.25, 0.3) is 0 Å². The van der Waals surface area contributed by atoms with Crippen LogP contribution in [0, 0.1) is 0 Å². The van der Waals surface area contributed by atoms with Crippen LogP contribution in [-0.4, -0.2) is 4.98 Å². The van der Waals surface area contributed by atoms with E-state index in [1.165, 1.54) is 0 Å². The van der Waals surface area contributed by atoms with Crippen molar-refractivity contribution in [2.75, 3.05) is 5.73 Å². The zero-order valence-electron chi connectivity index (χ0n) is 11.1. The Morgan fingerprint density at radius 3 is 2.95 bits per heavy atom. The molecule has 0 saturated carbocycles. The van der Waals surface area contributed by atoms with Crippen molar-refractivity contribution in [1.29, 1.82) is 0 Å². The van der Waals surface area contributed by atoms with Crippen LogP contribution in [0.4, 0.5) is 5.69 Å². The SMILES string of the molecule is CCC[n+]1cc(Br)cc(-c2nc3ccc(N)cc3o2)c1. The Balaban J connectivity index is 2.10. The van der Waals surface area contributed by atoms with Crippen molar-refractivity contribution in [2.24, 2.45) is 0 Å². The molecular weight excluding hydrogens is 318 g/mol. The molecule has 5 heteroatoms. The Morgan fingerprint density at radius 1 is 1.30 bits per heavy atom. The summed E-state index contributed by atoms with van der Waals surface area (Å²) in [5.41, 5.74) is 8.91. The van der Waals surface area contributed by atoms with Gasteiger partial charge in [-0.3, -0.25) is 0 Å². The molecule has 4 nitrogen and oxygen atoms in total. The van der Waals surface area contributed by atoms with Gasteiger partial charge in [-0.15, -0.1) is 0 Å². The van der Waals surface area contributed by atoms with E-state index in [-0.39, 0.29) is 0 Å². The lowest BCUT2D eigenvalue weighted by Crippen LogP contribution is -2.32. The van der Waals surface area contributed by atoms with Crippen LogP contribution in [0.1, 0.15) is 13.3 Å². The van der Waals surface area contributed by atoms with Gasteiger partial charge in [-0.1, -0.05) is 6.92 Å². The summed E-state index contributed by atoms with van der Waals surface area (Å²) in [4.78, 5) is 4.51. The number of fused-ring (bicyclic) bond motifs is 1. The molecule has 2 N–H and O–H groups in total. The summed E-state index contributed by atoms with van der Waals surface area (Å²) < 4.78 is 8.93. The lowest BCUT2D eigenvalue weighted by molar-refractivity contribution is -0.697. The average molecular weight is 333 g/mol. The van der Waals surface area contributed by atoms with E-state index >= 15 is 0 Å². The third kappa shape index (κ3) is 2.54. The minimum absolute atomic E-state index is 0.608. The number of hydrogen-bond acceptors (Lipinski definition) is 3. The molecule has 3 rings (SSSR count). The fourth-order valence-electron chi connectivity index (χ4n) is 2.17. The minimum atomic E-state index is 0.608. The predicted octanol–water partition coefficient (Wildman–Crippen LogP) is 3.54. The number of nitrogens with zero attached hydrogens (tertiary/aromatic N) is 2. The van der Waals surface area contributed by atoms with Gasteiger partial charge in [-0.25, -0.2) is 9.55 Å². The van der Waals surface area contributed by atoms with Crippen molar-refractivity contribution in [3.8, 4) is 11.5 Å². The monoisotopic (exact) mass is 332 g/mol. The van der Waals surface area contributed by atoms with Gasteiger partial charge in [0.15, 0.2) is 18.0 Å². The van der Waals surface area contributed by atoms with Crippen LogP contribution < -0.4 is 10.3 Å². The first-order chi connectivity index (χ1) is 9.65. The molecule has 0 radical (unpaired) electrons. The van der Waals surface area contributed by atoms with Crippen LogP contribution in [0.25, 0.3) is 22.6 Å². The Labute approximate surface area is 125 Å². The van der Waals surface area contributed by atoms with Crippen LogP contribution >= 0.6 is 15.9 Å². The first-order valence-electron chi connectivity index (χ1n) is 6.52. The minimum Gasteiger partial charge on any atom is -0.436 e. The number of halogens is 1. The van der Waals surface area contributed by atoms with Crippen LogP contribution in [0.3, 0.4) is 0 Å². The predicted molar refractivity (Wildman–Crippen MR) is 82.0 cm³/mol. The van der Waals surface area contributed by atoms with Crippen molar-refractivity contribution in [3.63, 3.8) is 0 Å². The lowest BCUT2D eigenvalue weighted by Gasteiger charge is -1.98. The van der Waals surface area contributed by atoms with E-state index < -0.39 is 0 Å². The molecule has 2 aromatic heterocycles. The van der Waals surface area contributed by atoms with Gasteiger partial charge in [0.05, 0.1) is 4.47 Å². The van der Waals surface area contributed by atoms with Gasteiger partial charge < -0.3 is 10.2 Å². The zero-order chi connectivity index (χ0) is 14.1. The molecule has 0 spiro atoms. The van der Waals surface area contributed by atoms with E-state index in [2.05, 4.69) is 32.4 Å². The van der Waals surface area contributed by atoms with E-state index in [0.29, 0.717) is 17.2 Å². The van der Waals surface area contributed by atoms with E-state index in [0.717, 1.165) is 28.5 Å². The van der Waals surface area contributed by atoms with Crippen LogP contribution in [-0.2, 0) is 6.54 Å². The van der Waals surface area contributed by atoms with Crippen molar-refractivity contribution in [2.45, 2.75) is 19.9 Å². The molecule has 0 bridgehead atoms. The number of hydrogen-bond donors (Lipinski definition) is 1. The third-order valence-electron chi connectivity index (χ3n) is 3.03. The summed E-state index contributed by atoms with van der Waals surface area (Å²) in [6, 6.07) is 7.49. The van der Waals surface area contributed by atoms with Gasteiger partial charge in [-0.05, 0) is 34.1 Å². The number of rotatable bonds is 3. The fraction of sp³-hybridized carbons (Fsp3) is 0.200. The van der Waals surface area contributed by atoms with E-state index in [4.69, 9.17) is 10.2 Å². The standard InChI is InChI=1S/C15H15BrN3O/c1-2-5-19-8-10(6-11(16)9-19)15-18-13-4-3-12(17)7-14(13)20-15/h3-4,6-9H,2,5,17H2,1H3/q+1. The summed E-state index contributed by atoms with van der Waals surface area (Å²) in [6.45, 7) is 3.11. The Kier molecular flexibility index (Phi) is 3.44. The molecule has 0 atom stereocenters. The van der Waals surface area contributed by atoms with E-state index in [1.807, 2.05) is 30.6 Å². The molecule has 20 heavy (non-hydrogen) atoms. The number of pyridine rings is 1. The van der Waals surface area contributed by atoms with Crippen LogP contribution in [0.15, 0.2) is 45.5 Å². The van der Waals surface area contributed by atoms with Crippen molar-refractivity contribution in [3.05, 3.63) is 41.1 Å². The highest BCUT2D eigenvalue weighted by Gasteiger charge is 2.13.